The van der Waals surface area contributed by atoms with E-state index in [0.717, 1.165) is 93.1 Å². The monoisotopic (exact) mass is 960 g/mol. The van der Waals surface area contributed by atoms with Crippen molar-refractivity contribution in [1.29, 1.82) is 0 Å². The fourth-order valence-corrected chi connectivity index (χ4v) is 10.0. The van der Waals surface area contributed by atoms with Crippen LogP contribution in [0.2, 0.25) is 0 Å². The van der Waals surface area contributed by atoms with Crippen molar-refractivity contribution in [3.8, 4) is 0 Å². The molecule has 5 rings (SSSR count). The molecule has 8 N–H and O–H groups in total. The zero-order valence-corrected chi connectivity index (χ0v) is 41.4. The molecule has 65 heavy (non-hydrogen) atoms. The van der Waals surface area contributed by atoms with Gasteiger partial charge in [0.05, 0.1) is 77.3 Å². The highest BCUT2D eigenvalue weighted by atomic mass is 32.2. The number of carboxylic acid groups (broad SMARTS) is 1. The van der Waals surface area contributed by atoms with Gasteiger partial charge in [0.25, 0.3) is 12.9 Å². The van der Waals surface area contributed by atoms with Crippen LogP contribution in [-0.4, -0.2) is 179 Å². The highest BCUT2D eigenvalue weighted by molar-refractivity contribution is 8.14. The number of nitrogens with zero attached hydrogens (tertiary/aromatic N) is 3. The lowest BCUT2D eigenvalue weighted by molar-refractivity contribution is -0.916. The van der Waals surface area contributed by atoms with E-state index in [1.807, 2.05) is 48.5 Å². The van der Waals surface area contributed by atoms with Crippen LogP contribution in [0.5, 0.6) is 0 Å². The Morgan fingerprint density at radius 2 is 1.54 bits per heavy atom. The number of aliphatic carboxylic acids is 1. The Balaban J connectivity index is 0.000000449. The highest BCUT2D eigenvalue weighted by Crippen LogP contribution is 2.37. The number of carbonyl (C=O) groups excluding carboxylic acids is 3. The second-order valence-corrected chi connectivity index (χ2v) is 21.4. The number of thioether (sulfide) groups is 1. The topological polar surface area (TPSA) is 246 Å². The lowest BCUT2D eigenvalue weighted by atomic mass is 9.91. The van der Waals surface area contributed by atoms with Gasteiger partial charge in [-0.1, -0.05) is 57.1 Å². The van der Waals surface area contributed by atoms with Crippen molar-refractivity contribution in [2.75, 3.05) is 48.8 Å². The molecule has 0 radical (unpaired) electrons. The first-order chi connectivity index (χ1) is 30.5. The Morgan fingerprint density at radius 3 is 2.05 bits per heavy atom. The smallest absolute Gasteiger partial charge is 0.480 e. The highest BCUT2D eigenvalue weighted by Gasteiger charge is 2.49. The summed E-state index contributed by atoms with van der Waals surface area (Å²) in [4.78, 5) is 50.2. The SMILES string of the molecule is CCCC1CC[C@H](C(=O)N[C@@H](C2O[C@@H](SC3=NC=C(C[C@@H](OC=O)[N+](C)(C)C)C3)C(O)[C@@H](O)[C@H]2O)[C@@H](C)O)C1.CCC[C@H]1CN[C@H](C(=O)O)C1.C[N+](C)(C)[C@@H](CC1=CNC(=S)C1)OC=O.[H+]. The van der Waals surface area contributed by atoms with Crippen molar-refractivity contribution in [2.45, 2.75) is 158 Å². The maximum absolute atomic E-state index is 13.1. The first-order valence-corrected chi connectivity index (χ1v) is 24.1. The summed E-state index contributed by atoms with van der Waals surface area (Å²) in [5.41, 5.74) is 1.13. The fourth-order valence-electron chi connectivity index (χ4n) is 8.62. The van der Waals surface area contributed by atoms with Gasteiger partial charge >= 0.3 is 7.40 Å². The molecule has 2 saturated heterocycles. The minimum absolute atomic E-state index is 0. The van der Waals surface area contributed by atoms with Gasteiger partial charge in [0, 0.05) is 31.2 Å². The van der Waals surface area contributed by atoms with Gasteiger partial charge in [-0.15, -0.1) is 0 Å². The average molecular weight is 960 g/mol. The zero-order chi connectivity index (χ0) is 48.6. The number of aliphatic hydroxyl groups is 4. The van der Waals surface area contributed by atoms with Crippen molar-refractivity contribution in [2.24, 2.45) is 22.7 Å². The number of nitrogens with one attached hydrogen (secondary N) is 3. The minimum Gasteiger partial charge on any atom is -0.480 e. The summed E-state index contributed by atoms with van der Waals surface area (Å²) >= 11 is 6.15. The van der Waals surface area contributed by atoms with E-state index < -0.39 is 54.2 Å². The van der Waals surface area contributed by atoms with E-state index in [1.54, 1.807) is 6.20 Å². The van der Waals surface area contributed by atoms with Gasteiger partial charge in [-0.3, -0.25) is 33.1 Å². The normalized spacial score (nSPS) is 29.5. The summed E-state index contributed by atoms with van der Waals surface area (Å²) in [6.45, 7) is 7.59. The van der Waals surface area contributed by atoms with Crippen molar-refractivity contribution in [3.05, 3.63) is 23.5 Å². The van der Waals surface area contributed by atoms with Gasteiger partial charge in [0.15, 0.2) is 0 Å². The summed E-state index contributed by atoms with van der Waals surface area (Å²) < 4.78 is 17.4. The lowest BCUT2D eigenvalue weighted by Gasteiger charge is -2.44. The number of hydrogen-bond donors (Lipinski definition) is 8. The minimum atomic E-state index is -1.54. The molecule has 13 atom stereocenters. The predicted octanol–water partition coefficient (Wildman–Crippen LogP) is 2.64. The largest absolute Gasteiger partial charge is 1.00 e. The Labute approximate surface area is 396 Å². The van der Waals surface area contributed by atoms with Crippen molar-refractivity contribution in [3.63, 3.8) is 0 Å². The number of hydrogen-bond acceptors (Lipinski definition) is 15. The van der Waals surface area contributed by atoms with Crippen molar-refractivity contribution >= 4 is 58.8 Å². The maximum atomic E-state index is 13.1. The van der Waals surface area contributed by atoms with Gasteiger partial charge in [0.1, 0.15) is 35.9 Å². The molecule has 1 aliphatic carbocycles. The fraction of sp³-hybridized carbons (Fsp3) is 0.778. The number of thiocarbonyl (C=S) groups is 1. The summed E-state index contributed by atoms with van der Waals surface area (Å²) in [5, 5.41) is 60.8. The van der Waals surface area contributed by atoms with E-state index in [9.17, 15) is 39.6 Å². The first kappa shape index (κ1) is 56.3. The second kappa shape index (κ2) is 26.5. The second-order valence-electron chi connectivity index (χ2n) is 19.7. The third kappa shape index (κ3) is 17.8. The Morgan fingerprint density at radius 1 is 0.938 bits per heavy atom. The molecular weight excluding hydrogens is 881 g/mol. The van der Waals surface area contributed by atoms with Crippen LogP contribution >= 0.6 is 24.0 Å². The Hall–Kier alpha value is -3.05. The molecule has 3 unspecified atom stereocenters. The summed E-state index contributed by atoms with van der Waals surface area (Å²) in [6, 6.07) is -1.26. The number of aliphatic hydroxyl groups excluding tert-OH is 4. The van der Waals surface area contributed by atoms with Gasteiger partial charge in [-0.25, -0.2) is 0 Å². The molecule has 20 heteroatoms. The molecule has 0 bridgehead atoms. The van der Waals surface area contributed by atoms with Crippen molar-refractivity contribution in [1.82, 2.24) is 16.0 Å². The van der Waals surface area contributed by atoms with E-state index in [1.165, 1.54) is 12.5 Å². The number of aliphatic imine (C=N–C) groups is 1. The molecule has 0 aromatic carbocycles. The zero-order valence-electron chi connectivity index (χ0n) is 40.8. The quantitative estimate of drug-likeness (QED) is 0.0379. The van der Waals surface area contributed by atoms with Crippen LogP contribution < -0.4 is 16.0 Å². The predicted molar refractivity (Wildman–Crippen MR) is 253 cm³/mol. The number of ether oxygens (including phenoxy) is 3. The third-order valence-corrected chi connectivity index (χ3v) is 13.9. The van der Waals surface area contributed by atoms with E-state index in [0.29, 0.717) is 51.6 Å². The van der Waals surface area contributed by atoms with Crippen LogP contribution in [0.25, 0.3) is 0 Å². The number of amides is 1. The van der Waals surface area contributed by atoms with Crippen LogP contribution in [0.4, 0.5) is 0 Å². The van der Waals surface area contributed by atoms with Crippen LogP contribution in [0.15, 0.2) is 28.5 Å². The molecule has 18 nitrogen and oxygen atoms in total. The molecule has 0 aromatic heterocycles. The molecule has 370 valence electrons. The van der Waals surface area contributed by atoms with Crippen LogP contribution in [0, 0.1) is 17.8 Å². The molecule has 1 saturated carbocycles. The summed E-state index contributed by atoms with van der Waals surface area (Å²) in [5.74, 6) is 0.0295. The van der Waals surface area contributed by atoms with E-state index >= 15 is 0 Å². The standard InChI is InChI=1S/C27H45N3O8S.C10H16N2O2S.C8H15NO2/c1-6-7-16-8-9-18(10-16)26(36)29-21(15(2)32)25-23(34)22(33)24(35)27(38-25)39-19-11-17(13-28-19)12-20(37-14-31)30(3,4)5;1-12(2,3)10(14-7-13)5-8-4-9(15)11-6-8;1-2-3-6-4-7(8(10)11)9-5-6/h13-16,18,20-25,27,32-35H,6-12H2,1-5H3;6-7,10H,4-5H2,1-3H3;6-7,9H,2-5H2,1H3,(H,10,11)/p+3/t15-,16?,18+,20-,21-,22+,23-,24?,25?,27+;10-;6-,7+/m111/s1. The molecule has 5 aliphatic rings. The van der Waals surface area contributed by atoms with Crippen LogP contribution in [0.3, 0.4) is 0 Å². The lowest BCUT2D eigenvalue weighted by Crippen LogP contribution is -2.65. The average Bonchev–Trinajstić information content (AvgIpc) is 4.06. The van der Waals surface area contributed by atoms with E-state index in [4.69, 9.17) is 31.5 Å². The molecule has 4 aliphatic heterocycles. The molecular formula is C45H79N6O12S2+3. The molecule has 1 amide bonds. The van der Waals surface area contributed by atoms with E-state index in [-0.39, 0.29) is 25.5 Å². The number of carboxylic acids is 1. The molecule has 4 heterocycles. The van der Waals surface area contributed by atoms with Crippen LogP contribution in [-0.2, 0) is 33.4 Å². The van der Waals surface area contributed by atoms with Gasteiger partial charge in [-0.05, 0) is 68.6 Å². The summed E-state index contributed by atoms with van der Waals surface area (Å²) in [7, 11) is 11.8. The summed E-state index contributed by atoms with van der Waals surface area (Å²) in [6.07, 6.45) is 6.61. The first-order valence-electron chi connectivity index (χ1n) is 22.9. The molecule has 3 fully saturated rings. The van der Waals surface area contributed by atoms with Gasteiger partial charge in [-0.2, -0.15) is 0 Å². The Kier molecular flexibility index (Phi) is 22.9. The number of quaternary nitrogens is 2. The van der Waals surface area contributed by atoms with Gasteiger partial charge < -0.3 is 55.7 Å². The van der Waals surface area contributed by atoms with Gasteiger partial charge in [0.2, 0.25) is 18.4 Å². The molecule has 0 aromatic rings. The maximum Gasteiger partial charge on any atom is 1.00 e. The van der Waals surface area contributed by atoms with Crippen LogP contribution in [0.1, 0.15) is 99.2 Å². The number of carbonyl (C=O) groups is 4. The third-order valence-electron chi connectivity index (χ3n) is 12.5. The Bertz CT molecular complexity index is 1680. The van der Waals surface area contributed by atoms with E-state index in [2.05, 4.69) is 34.8 Å². The number of rotatable bonds is 20. The van der Waals surface area contributed by atoms with Crippen molar-refractivity contribution < 1.29 is 69.3 Å². The molecule has 0 spiro atoms.